The second-order valence-electron chi connectivity index (χ2n) is 6.47. The van der Waals surface area contributed by atoms with E-state index in [1.165, 1.54) is 11.5 Å². The number of hydrogen-bond acceptors (Lipinski definition) is 3. The van der Waals surface area contributed by atoms with Gasteiger partial charge in [0.1, 0.15) is 6.61 Å². The molecule has 7 heteroatoms. The highest BCUT2D eigenvalue weighted by molar-refractivity contribution is 7.09. The van der Waals surface area contributed by atoms with Gasteiger partial charge < -0.3 is 4.74 Å². The average molecular weight is 409 g/mol. The van der Waals surface area contributed by atoms with Crippen LogP contribution >= 0.6 is 11.5 Å². The van der Waals surface area contributed by atoms with Crippen molar-refractivity contribution in [1.82, 2.24) is 4.37 Å². The predicted octanol–water partition coefficient (Wildman–Crippen LogP) is 6.81. The fourth-order valence-electron chi connectivity index (χ4n) is 3.01. The van der Waals surface area contributed by atoms with Crippen molar-refractivity contribution in [2.45, 2.75) is 39.5 Å². The molecule has 0 amide bonds. The van der Waals surface area contributed by atoms with Crippen LogP contribution in [-0.2, 0) is 19.2 Å². The molecule has 0 saturated heterocycles. The molecule has 0 spiro atoms. The number of benzene rings is 2. The van der Waals surface area contributed by atoms with Gasteiger partial charge in [-0.3, -0.25) is 0 Å². The lowest BCUT2D eigenvalue weighted by atomic mass is 10.0. The first-order valence-corrected chi connectivity index (χ1v) is 9.60. The highest BCUT2D eigenvalue weighted by Gasteiger charge is 2.34. The largest absolute Gasteiger partial charge is 0.486 e. The van der Waals surface area contributed by atoms with Gasteiger partial charge in [-0.1, -0.05) is 37.6 Å². The van der Waals surface area contributed by atoms with Crippen LogP contribution in [0.4, 0.5) is 17.6 Å². The number of alkyl halides is 3. The van der Waals surface area contributed by atoms with Gasteiger partial charge >= 0.3 is 6.18 Å². The predicted molar refractivity (Wildman–Crippen MR) is 102 cm³/mol. The fraction of sp³-hybridized carbons (Fsp3) is 0.286. The Morgan fingerprint density at radius 1 is 1.11 bits per heavy atom. The molecule has 0 saturated carbocycles. The molecule has 0 radical (unpaired) electrons. The minimum Gasteiger partial charge on any atom is -0.486 e. The van der Waals surface area contributed by atoms with Crippen LogP contribution < -0.4 is 4.74 Å². The maximum absolute atomic E-state index is 14.4. The third-order valence-corrected chi connectivity index (χ3v) is 5.28. The molecule has 0 atom stereocenters. The zero-order valence-corrected chi connectivity index (χ0v) is 16.3. The summed E-state index contributed by atoms with van der Waals surface area (Å²) in [6.45, 7) is 3.64. The second-order valence-corrected chi connectivity index (χ2v) is 7.27. The maximum atomic E-state index is 14.4. The van der Waals surface area contributed by atoms with Gasteiger partial charge in [-0.05, 0) is 53.7 Å². The minimum atomic E-state index is -4.56. The van der Waals surface area contributed by atoms with Gasteiger partial charge in [0.2, 0.25) is 0 Å². The Labute approximate surface area is 165 Å². The number of rotatable bonds is 6. The third kappa shape index (κ3) is 4.35. The standard InChI is InChI=1S/C21H19F4NOS/c1-3-6-14-9-18(22)19(10-17(14)21(23,24)25)27-12-15-11-26-28-20(15)16-8-5-4-7-13(16)2/h4-5,7-11H,3,6,12H2,1-2H3. The summed E-state index contributed by atoms with van der Waals surface area (Å²) in [6, 6.07) is 9.40. The van der Waals surface area contributed by atoms with E-state index >= 15 is 0 Å². The van der Waals surface area contributed by atoms with E-state index in [-0.39, 0.29) is 18.6 Å². The molecular formula is C21H19F4NOS. The zero-order chi connectivity index (χ0) is 20.3. The fourth-order valence-corrected chi connectivity index (χ4v) is 3.85. The van der Waals surface area contributed by atoms with E-state index in [1.54, 1.807) is 13.1 Å². The highest BCUT2D eigenvalue weighted by Crippen LogP contribution is 2.37. The lowest BCUT2D eigenvalue weighted by Gasteiger charge is -2.16. The molecule has 2 aromatic carbocycles. The molecule has 0 N–H and O–H groups in total. The molecule has 0 aliphatic carbocycles. The number of ether oxygens (including phenoxy) is 1. The van der Waals surface area contributed by atoms with Crippen molar-refractivity contribution in [1.29, 1.82) is 0 Å². The molecular weight excluding hydrogens is 390 g/mol. The molecule has 0 aliphatic heterocycles. The third-order valence-electron chi connectivity index (χ3n) is 4.40. The van der Waals surface area contributed by atoms with Crippen LogP contribution in [0.25, 0.3) is 10.4 Å². The molecule has 0 aliphatic rings. The maximum Gasteiger partial charge on any atom is 0.416 e. The van der Waals surface area contributed by atoms with Gasteiger partial charge in [0.05, 0.1) is 10.4 Å². The van der Waals surface area contributed by atoms with Crippen molar-refractivity contribution in [2.24, 2.45) is 0 Å². The summed E-state index contributed by atoms with van der Waals surface area (Å²) in [6.07, 6.45) is -2.33. The van der Waals surface area contributed by atoms with Crippen LogP contribution in [0.3, 0.4) is 0 Å². The number of aryl methyl sites for hydroxylation is 2. The minimum absolute atomic E-state index is 0.0577. The van der Waals surface area contributed by atoms with Crippen LogP contribution in [-0.4, -0.2) is 4.37 Å². The molecule has 1 heterocycles. The molecule has 2 nitrogen and oxygen atoms in total. The van der Waals surface area contributed by atoms with E-state index in [2.05, 4.69) is 4.37 Å². The van der Waals surface area contributed by atoms with Gasteiger partial charge in [0.25, 0.3) is 0 Å². The second kappa shape index (κ2) is 8.31. The summed E-state index contributed by atoms with van der Waals surface area (Å²) in [7, 11) is 0. The van der Waals surface area contributed by atoms with E-state index in [0.717, 1.165) is 28.1 Å². The van der Waals surface area contributed by atoms with Gasteiger partial charge in [-0.25, -0.2) is 8.76 Å². The summed E-state index contributed by atoms with van der Waals surface area (Å²) < 4.78 is 64.0. The molecule has 1 aromatic heterocycles. The number of nitrogens with zero attached hydrogens (tertiary/aromatic N) is 1. The van der Waals surface area contributed by atoms with E-state index < -0.39 is 23.3 Å². The molecule has 0 unspecified atom stereocenters. The Balaban J connectivity index is 1.88. The summed E-state index contributed by atoms with van der Waals surface area (Å²) in [5, 5.41) is 0. The van der Waals surface area contributed by atoms with Crippen LogP contribution in [0.5, 0.6) is 5.75 Å². The van der Waals surface area contributed by atoms with E-state index in [4.69, 9.17) is 4.74 Å². The average Bonchev–Trinajstić information content (AvgIpc) is 3.09. The van der Waals surface area contributed by atoms with Crippen molar-refractivity contribution in [2.75, 3.05) is 0 Å². The van der Waals surface area contributed by atoms with E-state index in [9.17, 15) is 17.6 Å². The zero-order valence-electron chi connectivity index (χ0n) is 15.4. The van der Waals surface area contributed by atoms with Gasteiger partial charge in [0, 0.05) is 11.8 Å². The SMILES string of the molecule is CCCc1cc(F)c(OCc2cnsc2-c2ccccc2C)cc1C(F)(F)F. The molecule has 0 bridgehead atoms. The van der Waals surface area contributed by atoms with Gasteiger partial charge in [-0.15, -0.1) is 0 Å². The summed E-state index contributed by atoms with van der Waals surface area (Å²) in [5.41, 5.74) is 1.80. The topological polar surface area (TPSA) is 22.1 Å². The van der Waals surface area contributed by atoms with Crippen molar-refractivity contribution >= 4 is 11.5 Å². The summed E-state index contributed by atoms with van der Waals surface area (Å²) in [4.78, 5) is 0.858. The Morgan fingerprint density at radius 2 is 1.86 bits per heavy atom. The van der Waals surface area contributed by atoms with Crippen LogP contribution in [0.1, 0.15) is 35.6 Å². The van der Waals surface area contributed by atoms with Crippen molar-refractivity contribution in [3.63, 3.8) is 0 Å². The van der Waals surface area contributed by atoms with E-state index in [0.29, 0.717) is 12.0 Å². The Kier molecular flexibility index (Phi) is 6.03. The number of halogens is 4. The number of aromatic nitrogens is 1. The van der Waals surface area contributed by atoms with Crippen LogP contribution in [0, 0.1) is 12.7 Å². The summed E-state index contributed by atoms with van der Waals surface area (Å²) in [5.74, 6) is -1.20. The Morgan fingerprint density at radius 3 is 2.54 bits per heavy atom. The van der Waals surface area contributed by atoms with Crippen LogP contribution in [0.15, 0.2) is 42.6 Å². The van der Waals surface area contributed by atoms with Crippen molar-refractivity contribution < 1.29 is 22.3 Å². The first-order chi connectivity index (χ1) is 13.3. The smallest absolute Gasteiger partial charge is 0.416 e. The van der Waals surface area contributed by atoms with Crippen molar-refractivity contribution in [3.8, 4) is 16.2 Å². The first-order valence-electron chi connectivity index (χ1n) is 8.83. The Hall–Kier alpha value is -2.41. The van der Waals surface area contributed by atoms with Crippen molar-refractivity contribution in [3.05, 3.63) is 70.7 Å². The van der Waals surface area contributed by atoms with Gasteiger partial charge in [-0.2, -0.15) is 13.2 Å². The lowest BCUT2D eigenvalue weighted by Crippen LogP contribution is -2.11. The molecule has 3 rings (SSSR count). The molecule has 148 valence electrons. The highest BCUT2D eigenvalue weighted by atomic mass is 32.1. The first kappa shape index (κ1) is 20.3. The Bertz CT molecular complexity index is 965. The van der Waals surface area contributed by atoms with Gasteiger partial charge in [0.15, 0.2) is 11.6 Å². The normalized spacial score (nSPS) is 11.6. The molecule has 28 heavy (non-hydrogen) atoms. The van der Waals surface area contributed by atoms with Crippen LogP contribution in [0.2, 0.25) is 0 Å². The quantitative estimate of drug-likeness (QED) is 0.417. The summed E-state index contributed by atoms with van der Waals surface area (Å²) >= 11 is 1.27. The number of hydrogen-bond donors (Lipinski definition) is 0. The monoisotopic (exact) mass is 409 g/mol. The molecule has 0 fully saturated rings. The lowest BCUT2D eigenvalue weighted by molar-refractivity contribution is -0.138. The molecule has 3 aromatic rings. The van der Waals surface area contributed by atoms with E-state index in [1.807, 2.05) is 31.2 Å².